The van der Waals surface area contributed by atoms with E-state index in [2.05, 4.69) is 36.9 Å². The Bertz CT molecular complexity index is 411. The van der Waals surface area contributed by atoms with Crippen molar-refractivity contribution < 1.29 is 4.74 Å². The van der Waals surface area contributed by atoms with Gasteiger partial charge >= 0.3 is 0 Å². The molecule has 1 fully saturated rings. The topological polar surface area (TPSA) is 38.5 Å². The maximum Gasteiger partial charge on any atom is 0.119 e. The van der Waals surface area contributed by atoms with Crippen molar-refractivity contribution in [2.75, 3.05) is 13.2 Å². The van der Waals surface area contributed by atoms with Crippen molar-refractivity contribution in [2.45, 2.75) is 58.2 Å². The Labute approximate surface area is 123 Å². The van der Waals surface area contributed by atoms with Crippen LogP contribution in [0.1, 0.15) is 51.6 Å². The number of hydrogen-bond acceptors (Lipinski definition) is 3. The molecule has 1 aliphatic rings. The van der Waals surface area contributed by atoms with E-state index in [-0.39, 0.29) is 0 Å². The summed E-state index contributed by atoms with van der Waals surface area (Å²) in [4.78, 5) is 2.59. The van der Waals surface area contributed by atoms with Gasteiger partial charge in [0.2, 0.25) is 0 Å². The molecule has 3 heteroatoms. The van der Waals surface area contributed by atoms with Crippen LogP contribution >= 0.6 is 0 Å². The summed E-state index contributed by atoms with van der Waals surface area (Å²) < 4.78 is 5.62. The molecule has 1 aromatic carbocycles. The SMILES string of the molecule is CCOc1cccc(C(CN)N2[C@H](C)CCC[C@@H]2C)c1. The van der Waals surface area contributed by atoms with E-state index in [1.165, 1.54) is 24.8 Å². The van der Waals surface area contributed by atoms with Crippen LogP contribution in [0.2, 0.25) is 0 Å². The Morgan fingerprint density at radius 3 is 2.60 bits per heavy atom. The fourth-order valence-corrected chi connectivity index (χ4v) is 3.46. The van der Waals surface area contributed by atoms with Crippen LogP contribution in [-0.2, 0) is 0 Å². The molecule has 0 saturated carbocycles. The predicted molar refractivity (Wildman–Crippen MR) is 84.0 cm³/mol. The number of piperidine rings is 1. The Morgan fingerprint density at radius 2 is 2.00 bits per heavy atom. The van der Waals surface area contributed by atoms with Crippen molar-refractivity contribution in [3.63, 3.8) is 0 Å². The Morgan fingerprint density at radius 1 is 1.30 bits per heavy atom. The first-order valence-electron chi connectivity index (χ1n) is 7.87. The standard InChI is InChI=1S/C17H28N2O/c1-4-20-16-10-6-9-15(11-16)17(12-18)19-13(2)7-5-8-14(19)3/h6,9-11,13-14,17H,4-5,7-8,12,18H2,1-3H3/t13-,14+,17?. The molecule has 1 unspecified atom stereocenters. The average Bonchev–Trinajstić information content (AvgIpc) is 2.44. The summed E-state index contributed by atoms with van der Waals surface area (Å²) in [6.45, 7) is 8.02. The minimum Gasteiger partial charge on any atom is -0.494 e. The Hall–Kier alpha value is -1.06. The first kappa shape index (κ1) is 15.3. The summed E-state index contributed by atoms with van der Waals surface area (Å²) in [6.07, 6.45) is 3.87. The fourth-order valence-electron chi connectivity index (χ4n) is 3.46. The van der Waals surface area contributed by atoms with E-state index < -0.39 is 0 Å². The summed E-state index contributed by atoms with van der Waals surface area (Å²) in [6, 6.07) is 9.90. The van der Waals surface area contributed by atoms with Crippen molar-refractivity contribution in [3.05, 3.63) is 29.8 Å². The quantitative estimate of drug-likeness (QED) is 0.896. The predicted octanol–water partition coefficient (Wildman–Crippen LogP) is 3.35. The molecular weight excluding hydrogens is 248 g/mol. The van der Waals surface area contributed by atoms with Gasteiger partial charge in [-0.3, -0.25) is 4.90 Å². The first-order chi connectivity index (χ1) is 9.67. The third-order valence-electron chi connectivity index (χ3n) is 4.40. The van der Waals surface area contributed by atoms with Gasteiger partial charge in [0.1, 0.15) is 5.75 Å². The van der Waals surface area contributed by atoms with Crippen molar-refractivity contribution in [1.29, 1.82) is 0 Å². The molecule has 0 aliphatic carbocycles. The maximum absolute atomic E-state index is 6.10. The number of nitrogens with two attached hydrogens (primary N) is 1. The number of likely N-dealkylation sites (tertiary alicyclic amines) is 1. The van der Waals surface area contributed by atoms with E-state index in [1.54, 1.807) is 0 Å². The summed E-state index contributed by atoms with van der Waals surface area (Å²) >= 11 is 0. The largest absolute Gasteiger partial charge is 0.494 e. The number of hydrogen-bond donors (Lipinski definition) is 1. The molecule has 0 radical (unpaired) electrons. The molecule has 2 N–H and O–H groups in total. The summed E-state index contributed by atoms with van der Waals surface area (Å²) in [5.41, 5.74) is 7.38. The lowest BCUT2D eigenvalue weighted by Crippen LogP contribution is -2.48. The fraction of sp³-hybridized carbons (Fsp3) is 0.647. The summed E-state index contributed by atoms with van der Waals surface area (Å²) in [5, 5.41) is 0. The third kappa shape index (κ3) is 3.33. The van der Waals surface area contributed by atoms with E-state index in [0.29, 0.717) is 31.3 Å². The second-order valence-electron chi connectivity index (χ2n) is 5.83. The Kier molecular flexibility index (Phi) is 5.44. The monoisotopic (exact) mass is 276 g/mol. The first-order valence-corrected chi connectivity index (χ1v) is 7.87. The molecule has 112 valence electrons. The van der Waals surface area contributed by atoms with Crippen LogP contribution in [0.3, 0.4) is 0 Å². The van der Waals surface area contributed by atoms with E-state index in [9.17, 15) is 0 Å². The van der Waals surface area contributed by atoms with Gasteiger partial charge in [0.05, 0.1) is 6.61 Å². The second kappa shape index (κ2) is 7.09. The van der Waals surface area contributed by atoms with Crippen LogP contribution in [0.4, 0.5) is 0 Å². The Balaban J connectivity index is 2.24. The van der Waals surface area contributed by atoms with Gasteiger partial charge < -0.3 is 10.5 Å². The van der Waals surface area contributed by atoms with Crippen LogP contribution in [0.25, 0.3) is 0 Å². The highest BCUT2D eigenvalue weighted by Crippen LogP contribution is 2.33. The number of rotatable bonds is 5. The molecule has 1 aromatic rings. The van der Waals surface area contributed by atoms with Crippen molar-refractivity contribution in [2.24, 2.45) is 5.73 Å². The zero-order valence-corrected chi connectivity index (χ0v) is 13.0. The molecule has 0 spiro atoms. The minimum atomic E-state index is 0.292. The lowest BCUT2D eigenvalue weighted by atomic mass is 9.92. The molecule has 0 bridgehead atoms. The molecule has 2 rings (SSSR count). The van der Waals surface area contributed by atoms with Gasteiger partial charge in [0.25, 0.3) is 0 Å². The lowest BCUT2D eigenvalue weighted by molar-refractivity contribution is 0.0576. The molecule has 3 nitrogen and oxygen atoms in total. The van der Waals surface area contributed by atoms with Crippen LogP contribution in [0.5, 0.6) is 5.75 Å². The van der Waals surface area contributed by atoms with E-state index in [4.69, 9.17) is 10.5 Å². The van der Waals surface area contributed by atoms with Crippen molar-refractivity contribution in [3.8, 4) is 5.75 Å². The van der Waals surface area contributed by atoms with Crippen LogP contribution < -0.4 is 10.5 Å². The van der Waals surface area contributed by atoms with E-state index in [0.717, 1.165) is 5.75 Å². The lowest BCUT2D eigenvalue weighted by Gasteiger charge is -2.44. The molecule has 1 heterocycles. The van der Waals surface area contributed by atoms with Gasteiger partial charge in [-0.2, -0.15) is 0 Å². The molecule has 3 atom stereocenters. The molecule has 0 amide bonds. The zero-order chi connectivity index (χ0) is 14.5. The number of nitrogens with zero attached hydrogens (tertiary/aromatic N) is 1. The number of benzene rings is 1. The van der Waals surface area contributed by atoms with E-state index in [1.807, 2.05) is 13.0 Å². The normalized spacial score (nSPS) is 25.4. The highest BCUT2D eigenvalue weighted by Gasteiger charge is 2.31. The van der Waals surface area contributed by atoms with E-state index >= 15 is 0 Å². The van der Waals surface area contributed by atoms with Crippen LogP contribution in [-0.4, -0.2) is 30.1 Å². The smallest absolute Gasteiger partial charge is 0.119 e. The van der Waals surface area contributed by atoms with Gasteiger partial charge in [0.15, 0.2) is 0 Å². The minimum absolute atomic E-state index is 0.292. The summed E-state index contributed by atoms with van der Waals surface area (Å²) in [7, 11) is 0. The third-order valence-corrected chi connectivity index (χ3v) is 4.40. The van der Waals surface area contributed by atoms with Gasteiger partial charge in [-0.05, 0) is 51.3 Å². The van der Waals surface area contributed by atoms with Gasteiger partial charge in [-0.25, -0.2) is 0 Å². The molecular formula is C17H28N2O. The maximum atomic E-state index is 6.10. The molecule has 1 aliphatic heterocycles. The highest BCUT2D eigenvalue weighted by molar-refractivity contribution is 5.31. The van der Waals surface area contributed by atoms with Crippen molar-refractivity contribution >= 4 is 0 Å². The summed E-state index contributed by atoms with van der Waals surface area (Å²) in [5.74, 6) is 0.945. The van der Waals surface area contributed by atoms with Crippen LogP contribution in [0, 0.1) is 0 Å². The molecule has 20 heavy (non-hydrogen) atoms. The van der Waals surface area contributed by atoms with Crippen LogP contribution in [0.15, 0.2) is 24.3 Å². The highest BCUT2D eigenvalue weighted by atomic mass is 16.5. The second-order valence-corrected chi connectivity index (χ2v) is 5.83. The molecule has 0 aromatic heterocycles. The number of ether oxygens (including phenoxy) is 1. The zero-order valence-electron chi connectivity index (χ0n) is 13.0. The van der Waals surface area contributed by atoms with Gasteiger partial charge in [-0.1, -0.05) is 18.6 Å². The van der Waals surface area contributed by atoms with Crippen molar-refractivity contribution in [1.82, 2.24) is 4.90 Å². The average molecular weight is 276 g/mol. The van der Waals surface area contributed by atoms with Gasteiger partial charge in [-0.15, -0.1) is 0 Å². The molecule has 1 saturated heterocycles. The van der Waals surface area contributed by atoms with Gasteiger partial charge in [0, 0.05) is 24.7 Å².